The van der Waals surface area contributed by atoms with Crippen molar-refractivity contribution in [1.82, 2.24) is 14.3 Å². The Hall–Kier alpha value is -1.88. The third-order valence-corrected chi connectivity index (χ3v) is 7.85. The zero-order valence-corrected chi connectivity index (χ0v) is 19.1. The molecule has 0 radical (unpaired) electrons. The third kappa shape index (κ3) is 5.05. The van der Waals surface area contributed by atoms with E-state index in [1.165, 1.54) is 28.2 Å². The molecular weight excluding hydrogens is 448 g/mol. The van der Waals surface area contributed by atoms with Gasteiger partial charge in [0, 0.05) is 36.5 Å². The van der Waals surface area contributed by atoms with Crippen LogP contribution in [0, 0.1) is 6.92 Å². The predicted octanol–water partition coefficient (Wildman–Crippen LogP) is 2.81. The molecule has 162 valence electrons. The molecule has 8 nitrogen and oxygen atoms in total. The Labute approximate surface area is 184 Å². The second-order valence-electron chi connectivity index (χ2n) is 6.94. The number of thioether (sulfide) groups is 1. The normalized spacial score (nSPS) is 14.8. The average Bonchev–Trinajstić information content (AvgIpc) is 3.24. The van der Waals surface area contributed by atoms with E-state index in [4.69, 9.17) is 11.6 Å². The minimum Gasteiger partial charge on any atom is -0.326 e. The summed E-state index contributed by atoms with van der Waals surface area (Å²) in [6, 6.07) is 4.39. The number of nitrogens with zero attached hydrogens (tertiary/aromatic N) is 2. The summed E-state index contributed by atoms with van der Waals surface area (Å²) in [4.78, 5) is 31.5. The lowest BCUT2D eigenvalue weighted by Crippen LogP contribution is -2.28. The van der Waals surface area contributed by atoms with Crippen LogP contribution in [-0.4, -0.2) is 47.9 Å². The first kappa shape index (κ1) is 22.8. The third-order valence-electron chi connectivity index (χ3n) is 4.89. The quantitative estimate of drug-likeness (QED) is 0.475. The van der Waals surface area contributed by atoms with Crippen molar-refractivity contribution >= 4 is 45.0 Å². The molecule has 2 aromatic rings. The number of H-pyrrole nitrogens is 1. The molecule has 0 saturated carbocycles. The number of carbonyl (C=O) groups is 1. The number of rotatable bonds is 7. The van der Waals surface area contributed by atoms with Crippen LogP contribution in [0.15, 0.2) is 33.0 Å². The highest BCUT2D eigenvalue weighted by Gasteiger charge is 2.29. The fourth-order valence-electron chi connectivity index (χ4n) is 3.28. The minimum atomic E-state index is -3.71. The smallest absolute Gasteiger partial charge is 0.254 e. The van der Waals surface area contributed by atoms with Crippen LogP contribution < -0.4 is 10.9 Å². The number of aromatic nitrogens is 2. The highest BCUT2D eigenvalue weighted by atomic mass is 35.5. The molecule has 1 aromatic heterocycles. The summed E-state index contributed by atoms with van der Waals surface area (Å²) in [7, 11) is -3.71. The number of anilines is 1. The van der Waals surface area contributed by atoms with Gasteiger partial charge < -0.3 is 10.3 Å². The average molecular weight is 471 g/mol. The molecular formula is C19H23ClN4O4S2. The maximum Gasteiger partial charge on any atom is 0.254 e. The second kappa shape index (κ2) is 9.51. The lowest BCUT2D eigenvalue weighted by atomic mass is 10.1. The number of amides is 1. The molecule has 0 atom stereocenters. The fourth-order valence-corrected chi connectivity index (χ4v) is 5.72. The topological polar surface area (TPSA) is 112 Å². The van der Waals surface area contributed by atoms with E-state index in [1.807, 2.05) is 6.26 Å². The summed E-state index contributed by atoms with van der Waals surface area (Å²) in [6.07, 6.45) is 3.73. The lowest BCUT2D eigenvalue weighted by molar-refractivity contribution is -0.116. The van der Waals surface area contributed by atoms with E-state index in [-0.39, 0.29) is 34.2 Å². The van der Waals surface area contributed by atoms with Crippen LogP contribution in [0.5, 0.6) is 0 Å². The maximum absolute atomic E-state index is 12.8. The Morgan fingerprint density at radius 3 is 2.67 bits per heavy atom. The molecule has 0 bridgehead atoms. The van der Waals surface area contributed by atoms with Gasteiger partial charge in [-0.3, -0.25) is 9.59 Å². The molecule has 1 amide bonds. The molecule has 2 heterocycles. The first-order valence-corrected chi connectivity index (χ1v) is 12.5. The van der Waals surface area contributed by atoms with Gasteiger partial charge in [-0.25, -0.2) is 13.4 Å². The minimum absolute atomic E-state index is 0.0204. The number of aryl methyl sites for hydroxylation is 1. The van der Waals surface area contributed by atoms with E-state index in [0.29, 0.717) is 35.2 Å². The van der Waals surface area contributed by atoms with Crippen molar-refractivity contribution in [2.75, 3.05) is 24.7 Å². The lowest BCUT2D eigenvalue weighted by Gasteiger charge is -2.17. The van der Waals surface area contributed by atoms with Crippen molar-refractivity contribution in [2.45, 2.75) is 42.7 Å². The van der Waals surface area contributed by atoms with Crippen molar-refractivity contribution in [3.63, 3.8) is 0 Å². The number of carbonyl (C=O) groups excluding carboxylic acids is 1. The number of aromatic amines is 1. The molecule has 1 fully saturated rings. The van der Waals surface area contributed by atoms with Crippen LogP contribution in [0.1, 0.15) is 30.5 Å². The largest absolute Gasteiger partial charge is 0.326 e. The van der Waals surface area contributed by atoms with Gasteiger partial charge in [0.2, 0.25) is 15.9 Å². The molecule has 11 heteroatoms. The van der Waals surface area contributed by atoms with Gasteiger partial charge in [0.25, 0.3) is 5.56 Å². The van der Waals surface area contributed by atoms with Crippen molar-refractivity contribution in [1.29, 1.82) is 0 Å². The fraction of sp³-hybridized carbons (Fsp3) is 0.421. The number of sulfonamides is 1. The van der Waals surface area contributed by atoms with Crippen molar-refractivity contribution in [2.24, 2.45) is 0 Å². The number of benzene rings is 1. The zero-order valence-electron chi connectivity index (χ0n) is 16.7. The van der Waals surface area contributed by atoms with E-state index in [1.54, 1.807) is 13.0 Å². The van der Waals surface area contributed by atoms with Gasteiger partial charge in [0.15, 0.2) is 5.16 Å². The van der Waals surface area contributed by atoms with Crippen LogP contribution in [0.25, 0.3) is 0 Å². The van der Waals surface area contributed by atoms with Crippen LogP contribution in [0.3, 0.4) is 0 Å². The molecule has 0 spiro atoms. The first-order chi connectivity index (χ1) is 14.2. The van der Waals surface area contributed by atoms with Crippen LogP contribution in [0.4, 0.5) is 5.69 Å². The summed E-state index contributed by atoms with van der Waals surface area (Å²) in [5.74, 6) is -0.338. The van der Waals surface area contributed by atoms with Gasteiger partial charge in [-0.15, -0.1) is 0 Å². The molecule has 3 rings (SSSR count). The summed E-state index contributed by atoms with van der Waals surface area (Å²) in [5.41, 5.74) is 1.12. The highest BCUT2D eigenvalue weighted by Crippen LogP contribution is 2.29. The Kier molecular flexibility index (Phi) is 7.22. The summed E-state index contributed by atoms with van der Waals surface area (Å²) < 4.78 is 27.0. The van der Waals surface area contributed by atoms with Crippen molar-refractivity contribution < 1.29 is 13.2 Å². The van der Waals surface area contributed by atoms with Crippen molar-refractivity contribution in [3.05, 3.63) is 44.8 Å². The van der Waals surface area contributed by atoms with Gasteiger partial charge >= 0.3 is 0 Å². The van der Waals surface area contributed by atoms with Gasteiger partial charge in [-0.1, -0.05) is 23.4 Å². The van der Waals surface area contributed by atoms with E-state index in [0.717, 1.165) is 12.8 Å². The van der Waals surface area contributed by atoms with E-state index >= 15 is 0 Å². The number of nitrogens with one attached hydrogen (secondary N) is 2. The Balaban J connectivity index is 1.71. The van der Waals surface area contributed by atoms with Crippen LogP contribution in [-0.2, 0) is 21.2 Å². The molecule has 1 aliphatic rings. The van der Waals surface area contributed by atoms with Crippen LogP contribution >= 0.6 is 23.4 Å². The van der Waals surface area contributed by atoms with Crippen LogP contribution in [0.2, 0.25) is 5.02 Å². The predicted molar refractivity (Wildman–Crippen MR) is 118 cm³/mol. The Morgan fingerprint density at radius 1 is 1.33 bits per heavy atom. The van der Waals surface area contributed by atoms with E-state index in [2.05, 4.69) is 15.3 Å². The second-order valence-corrected chi connectivity index (χ2v) is 10.1. The van der Waals surface area contributed by atoms with Crippen molar-refractivity contribution in [3.8, 4) is 0 Å². The van der Waals surface area contributed by atoms with Gasteiger partial charge in [-0.2, -0.15) is 4.31 Å². The first-order valence-electron chi connectivity index (χ1n) is 9.45. The Bertz CT molecular complexity index is 1110. The molecule has 1 aromatic carbocycles. The maximum atomic E-state index is 12.8. The highest BCUT2D eigenvalue weighted by molar-refractivity contribution is 7.98. The van der Waals surface area contributed by atoms with Gasteiger partial charge in [0.1, 0.15) is 4.90 Å². The summed E-state index contributed by atoms with van der Waals surface area (Å²) in [5, 5.41) is 3.33. The van der Waals surface area contributed by atoms with Gasteiger partial charge in [0.05, 0.1) is 5.02 Å². The zero-order chi connectivity index (χ0) is 21.9. The summed E-state index contributed by atoms with van der Waals surface area (Å²) in [6.45, 7) is 2.66. The monoisotopic (exact) mass is 470 g/mol. The standard InChI is InChI=1S/C19H23ClN4O4S2/c1-12-14(18(26)23-19(21-12)29-2)6-8-17(25)22-13-5-7-15(20)16(11-13)30(27,28)24-9-3-4-10-24/h5,7,11H,3-4,6,8-10H2,1-2H3,(H,22,25)(H,21,23,26). The van der Waals surface area contributed by atoms with Gasteiger partial charge in [-0.05, 0) is 50.6 Å². The van der Waals surface area contributed by atoms with E-state index < -0.39 is 10.0 Å². The molecule has 2 N–H and O–H groups in total. The molecule has 0 unspecified atom stereocenters. The molecule has 30 heavy (non-hydrogen) atoms. The SMILES string of the molecule is CSc1nc(C)c(CCC(=O)Nc2ccc(Cl)c(S(=O)(=O)N3CCCC3)c2)c(=O)[nH]1. The number of halogens is 1. The van der Waals surface area contributed by atoms with E-state index in [9.17, 15) is 18.0 Å². The molecule has 1 aliphatic heterocycles. The molecule has 1 saturated heterocycles. The Morgan fingerprint density at radius 2 is 2.03 bits per heavy atom. The molecule has 0 aliphatic carbocycles. The number of hydrogen-bond acceptors (Lipinski definition) is 6. The number of hydrogen-bond donors (Lipinski definition) is 2. The summed E-state index contributed by atoms with van der Waals surface area (Å²) >= 11 is 7.47.